The van der Waals surface area contributed by atoms with Crippen LogP contribution in [0.3, 0.4) is 0 Å². The van der Waals surface area contributed by atoms with Gasteiger partial charge in [0.15, 0.2) is 0 Å². The Labute approximate surface area is 156 Å². The molecule has 1 amide bonds. The van der Waals surface area contributed by atoms with Crippen LogP contribution in [0.25, 0.3) is 20.7 Å². The highest BCUT2D eigenvalue weighted by Gasteiger charge is 2.16. The number of rotatable bonds is 6. The van der Waals surface area contributed by atoms with E-state index in [1.165, 1.54) is 15.9 Å². The molecule has 0 bridgehead atoms. The molecule has 3 aromatic rings. The van der Waals surface area contributed by atoms with Crippen LogP contribution in [-0.4, -0.2) is 34.0 Å². The lowest BCUT2D eigenvalue weighted by Crippen LogP contribution is -2.35. The molecular weight excluding hydrogens is 346 g/mol. The van der Waals surface area contributed by atoms with Gasteiger partial charge in [0.1, 0.15) is 17.2 Å². The third-order valence-corrected chi connectivity index (χ3v) is 5.54. The zero-order chi connectivity index (χ0) is 18.7. The van der Waals surface area contributed by atoms with Crippen molar-refractivity contribution in [2.75, 3.05) is 13.6 Å². The number of aromatic nitrogens is 2. The van der Waals surface area contributed by atoms with Crippen LogP contribution in [0.5, 0.6) is 0 Å². The van der Waals surface area contributed by atoms with E-state index in [-0.39, 0.29) is 18.0 Å². The van der Waals surface area contributed by atoms with Crippen molar-refractivity contribution in [3.05, 3.63) is 52.6 Å². The standard InChI is InChI=1S/C20H23N3O2S/c1-4-5-11-22(3)18(24)13-23-14(2)21-19-16(20(23)25)12-17(26-19)15-9-7-6-8-10-15/h6-10,12H,4-5,11,13H2,1-3H3. The minimum absolute atomic E-state index is 0.0321. The van der Waals surface area contributed by atoms with Crippen molar-refractivity contribution >= 4 is 27.5 Å². The molecule has 6 heteroatoms. The number of benzene rings is 1. The lowest BCUT2D eigenvalue weighted by molar-refractivity contribution is -0.130. The molecule has 0 saturated carbocycles. The Kier molecular flexibility index (Phi) is 5.52. The lowest BCUT2D eigenvalue weighted by Gasteiger charge is -2.18. The van der Waals surface area contributed by atoms with E-state index in [9.17, 15) is 9.59 Å². The number of carbonyl (C=O) groups is 1. The van der Waals surface area contributed by atoms with Crippen molar-refractivity contribution in [1.29, 1.82) is 0 Å². The topological polar surface area (TPSA) is 55.2 Å². The maximum Gasteiger partial charge on any atom is 0.262 e. The molecule has 0 radical (unpaired) electrons. The Balaban J connectivity index is 1.95. The van der Waals surface area contributed by atoms with Gasteiger partial charge >= 0.3 is 0 Å². The number of thiophene rings is 1. The Morgan fingerprint density at radius 1 is 1.27 bits per heavy atom. The highest BCUT2D eigenvalue weighted by Crippen LogP contribution is 2.30. The van der Waals surface area contributed by atoms with E-state index in [4.69, 9.17) is 0 Å². The molecule has 2 heterocycles. The first kappa shape index (κ1) is 18.3. The quantitative estimate of drug-likeness (QED) is 0.666. The molecule has 0 saturated heterocycles. The lowest BCUT2D eigenvalue weighted by atomic mass is 10.2. The molecule has 2 aromatic heterocycles. The van der Waals surface area contributed by atoms with Crippen LogP contribution in [-0.2, 0) is 11.3 Å². The number of hydrogen-bond acceptors (Lipinski definition) is 4. The van der Waals surface area contributed by atoms with Crippen molar-refractivity contribution < 1.29 is 4.79 Å². The molecule has 1 aromatic carbocycles. The van der Waals surface area contributed by atoms with Crippen LogP contribution >= 0.6 is 11.3 Å². The predicted octanol–water partition coefficient (Wildman–Crippen LogP) is 3.69. The van der Waals surface area contributed by atoms with Crippen molar-refractivity contribution in [2.24, 2.45) is 0 Å². The number of amides is 1. The van der Waals surface area contributed by atoms with Crippen LogP contribution < -0.4 is 5.56 Å². The van der Waals surface area contributed by atoms with Gasteiger partial charge in [0.2, 0.25) is 5.91 Å². The van der Waals surface area contributed by atoms with E-state index >= 15 is 0 Å². The Bertz CT molecular complexity index is 976. The normalized spacial score (nSPS) is 11.0. The first-order valence-electron chi connectivity index (χ1n) is 8.81. The highest BCUT2D eigenvalue weighted by molar-refractivity contribution is 7.21. The number of unbranched alkanes of at least 4 members (excludes halogenated alkanes) is 1. The molecule has 0 atom stereocenters. The summed E-state index contributed by atoms with van der Waals surface area (Å²) in [5, 5.41) is 0.573. The summed E-state index contributed by atoms with van der Waals surface area (Å²) in [6.45, 7) is 4.60. The van der Waals surface area contributed by atoms with Gasteiger partial charge in [0.05, 0.1) is 5.39 Å². The minimum Gasteiger partial charge on any atom is -0.344 e. The minimum atomic E-state index is -0.150. The predicted molar refractivity (Wildman–Crippen MR) is 107 cm³/mol. The Morgan fingerprint density at radius 3 is 2.69 bits per heavy atom. The molecule has 0 N–H and O–H groups in total. The van der Waals surface area contributed by atoms with Gasteiger partial charge in [-0.25, -0.2) is 4.98 Å². The van der Waals surface area contributed by atoms with Crippen LogP contribution in [0.4, 0.5) is 0 Å². The maximum absolute atomic E-state index is 12.9. The van der Waals surface area contributed by atoms with Gasteiger partial charge in [-0.15, -0.1) is 11.3 Å². The first-order valence-corrected chi connectivity index (χ1v) is 9.63. The monoisotopic (exact) mass is 369 g/mol. The molecule has 136 valence electrons. The van der Waals surface area contributed by atoms with Crippen LogP contribution in [0.1, 0.15) is 25.6 Å². The smallest absolute Gasteiger partial charge is 0.262 e. The fourth-order valence-corrected chi connectivity index (χ4v) is 3.90. The van der Waals surface area contributed by atoms with Gasteiger partial charge in [0.25, 0.3) is 5.56 Å². The summed E-state index contributed by atoms with van der Waals surface area (Å²) in [6.07, 6.45) is 1.99. The molecular formula is C20H23N3O2S. The number of aryl methyl sites for hydroxylation is 1. The van der Waals surface area contributed by atoms with Crippen molar-refractivity contribution in [3.63, 3.8) is 0 Å². The molecule has 0 aliphatic heterocycles. The summed E-state index contributed by atoms with van der Waals surface area (Å²) in [4.78, 5) is 33.3. The summed E-state index contributed by atoms with van der Waals surface area (Å²) < 4.78 is 1.48. The van der Waals surface area contributed by atoms with Gasteiger partial charge in [-0.1, -0.05) is 43.7 Å². The highest BCUT2D eigenvalue weighted by atomic mass is 32.1. The van der Waals surface area contributed by atoms with Gasteiger partial charge in [-0.05, 0) is 25.0 Å². The number of hydrogen-bond donors (Lipinski definition) is 0. The SMILES string of the molecule is CCCCN(C)C(=O)Cn1c(C)nc2sc(-c3ccccc3)cc2c1=O. The maximum atomic E-state index is 12.9. The third-order valence-electron chi connectivity index (χ3n) is 4.47. The third kappa shape index (κ3) is 3.70. The summed E-state index contributed by atoms with van der Waals surface area (Å²) in [5.74, 6) is 0.504. The van der Waals surface area contributed by atoms with Gasteiger partial charge in [0, 0.05) is 18.5 Å². The van der Waals surface area contributed by atoms with Gasteiger partial charge < -0.3 is 4.90 Å². The first-order chi connectivity index (χ1) is 12.5. The molecule has 26 heavy (non-hydrogen) atoms. The fraction of sp³-hybridized carbons (Fsp3) is 0.350. The zero-order valence-electron chi connectivity index (χ0n) is 15.4. The fourth-order valence-electron chi connectivity index (χ4n) is 2.82. The van der Waals surface area contributed by atoms with E-state index in [1.54, 1.807) is 18.9 Å². The van der Waals surface area contributed by atoms with Crippen LogP contribution in [0, 0.1) is 6.92 Å². The molecule has 3 rings (SSSR count). The van der Waals surface area contributed by atoms with Crippen molar-refractivity contribution in [3.8, 4) is 10.4 Å². The van der Waals surface area contributed by atoms with Crippen molar-refractivity contribution in [2.45, 2.75) is 33.2 Å². The van der Waals surface area contributed by atoms with E-state index in [1.807, 2.05) is 36.4 Å². The van der Waals surface area contributed by atoms with Crippen LogP contribution in [0.15, 0.2) is 41.2 Å². The molecule has 0 aliphatic carbocycles. The second kappa shape index (κ2) is 7.83. The van der Waals surface area contributed by atoms with Gasteiger partial charge in [-0.3, -0.25) is 14.2 Å². The summed E-state index contributed by atoms with van der Waals surface area (Å²) >= 11 is 1.50. The van der Waals surface area contributed by atoms with E-state index in [0.717, 1.165) is 28.1 Å². The van der Waals surface area contributed by atoms with E-state index in [0.29, 0.717) is 17.8 Å². The molecule has 0 aliphatic rings. The number of carbonyl (C=O) groups excluding carboxylic acids is 1. The zero-order valence-corrected chi connectivity index (χ0v) is 16.2. The average Bonchev–Trinajstić information content (AvgIpc) is 3.07. The van der Waals surface area contributed by atoms with Gasteiger partial charge in [-0.2, -0.15) is 0 Å². The van der Waals surface area contributed by atoms with Crippen molar-refractivity contribution in [1.82, 2.24) is 14.5 Å². The van der Waals surface area contributed by atoms with E-state index < -0.39 is 0 Å². The molecule has 0 unspecified atom stereocenters. The number of likely N-dealkylation sites (N-methyl/N-ethyl adjacent to an activating group) is 1. The second-order valence-corrected chi connectivity index (χ2v) is 7.45. The second-order valence-electron chi connectivity index (χ2n) is 6.41. The Hall–Kier alpha value is -2.47. The van der Waals surface area contributed by atoms with Crippen LogP contribution in [0.2, 0.25) is 0 Å². The molecule has 0 fully saturated rings. The largest absolute Gasteiger partial charge is 0.344 e. The number of fused-ring (bicyclic) bond motifs is 1. The van der Waals surface area contributed by atoms with E-state index in [2.05, 4.69) is 11.9 Å². The average molecular weight is 369 g/mol. The molecule has 5 nitrogen and oxygen atoms in total. The summed E-state index contributed by atoms with van der Waals surface area (Å²) in [6, 6.07) is 11.8. The summed E-state index contributed by atoms with van der Waals surface area (Å²) in [7, 11) is 1.78. The Morgan fingerprint density at radius 2 is 2.00 bits per heavy atom. The number of nitrogens with zero attached hydrogens (tertiary/aromatic N) is 3. The molecule has 0 spiro atoms. The summed E-state index contributed by atoms with van der Waals surface area (Å²) in [5.41, 5.74) is 0.914.